The largest absolute Gasteiger partial charge is 0.421 e. The summed E-state index contributed by atoms with van der Waals surface area (Å²) < 4.78 is 40.7. The average molecular weight is 326 g/mol. The van der Waals surface area contributed by atoms with Crippen LogP contribution in [0.2, 0.25) is 0 Å². The van der Waals surface area contributed by atoms with Crippen molar-refractivity contribution in [3.8, 4) is 0 Å². The molecule has 2 N–H and O–H groups in total. The van der Waals surface area contributed by atoms with E-state index in [0.29, 0.717) is 18.4 Å². The maximum atomic E-state index is 13.0. The van der Waals surface area contributed by atoms with Gasteiger partial charge >= 0.3 is 6.18 Å². The molecule has 2 aromatic rings. The molecule has 0 atom stereocenters. The van der Waals surface area contributed by atoms with Crippen molar-refractivity contribution in [3.63, 3.8) is 0 Å². The normalized spacial score (nSPS) is 14.8. The van der Waals surface area contributed by atoms with Crippen molar-refractivity contribution < 1.29 is 13.2 Å². The van der Waals surface area contributed by atoms with E-state index in [2.05, 4.69) is 25.7 Å². The Kier molecular flexibility index (Phi) is 3.87. The Morgan fingerprint density at radius 1 is 1.35 bits per heavy atom. The van der Waals surface area contributed by atoms with E-state index < -0.39 is 11.7 Å². The summed E-state index contributed by atoms with van der Waals surface area (Å²) in [5.74, 6) is 0.565. The number of nitrogens with one attached hydrogen (secondary N) is 2. The van der Waals surface area contributed by atoms with Gasteiger partial charge in [-0.15, -0.1) is 0 Å². The lowest BCUT2D eigenvalue weighted by atomic mass is 10.3. The first kappa shape index (κ1) is 15.6. The van der Waals surface area contributed by atoms with E-state index in [1.165, 1.54) is 0 Å². The highest BCUT2D eigenvalue weighted by Crippen LogP contribution is 2.38. The first-order valence-corrected chi connectivity index (χ1v) is 7.39. The van der Waals surface area contributed by atoms with E-state index in [0.717, 1.165) is 24.7 Å². The van der Waals surface area contributed by atoms with Gasteiger partial charge in [-0.2, -0.15) is 23.3 Å². The second-order valence-corrected chi connectivity index (χ2v) is 5.46. The number of aromatic nitrogens is 4. The lowest BCUT2D eigenvalue weighted by Crippen LogP contribution is -2.14. The van der Waals surface area contributed by atoms with Gasteiger partial charge in [-0.1, -0.05) is 0 Å². The Morgan fingerprint density at radius 3 is 2.70 bits per heavy atom. The molecule has 1 saturated carbocycles. The van der Waals surface area contributed by atoms with Gasteiger partial charge in [-0.25, -0.2) is 9.67 Å². The summed E-state index contributed by atoms with van der Waals surface area (Å²) in [5.41, 5.74) is -0.0463. The van der Waals surface area contributed by atoms with Gasteiger partial charge < -0.3 is 10.6 Å². The molecule has 124 valence electrons. The first-order chi connectivity index (χ1) is 10.9. The van der Waals surface area contributed by atoms with Crippen LogP contribution >= 0.6 is 0 Å². The quantitative estimate of drug-likeness (QED) is 0.880. The maximum Gasteiger partial charge on any atom is 0.421 e. The molecule has 1 fully saturated rings. The molecular weight excluding hydrogens is 309 g/mol. The van der Waals surface area contributed by atoms with Crippen LogP contribution in [0.15, 0.2) is 12.3 Å². The van der Waals surface area contributed by atoms with Crippen molar-refractivity contribution >= 4 is 17.6 Å². The SMILES string of the molecule is CCNc1nc(Nc2cc(C)nn2C2CC2)ncc1C(F)(F)F. The molecule has 0 aromatic carbocycles. The molecule has 23 heavy (non-hydrogen) atoms. The summed E-state index contributed by atoms with van der Waals surface area (Å²) in [6, 6.07) is 2.17. The van der Waals surface area contributed by atoms with Gasteiger partial charge in [-0.05, 0) is 26.7 Å². The summed E-state index contributed by atoms with van der Waals surface area (Å²) in [6.45, 7) is 3.90. The van der Waals surface area contributed by atoms with E-state index in [1.807, 2.05) is 17.7 Å². The Labute approximate surface area is 131 Å². The van der Waals surface area contributed by atoms with E-state index in [4.69, 9.17) is 0 Å². The summed E-state index contributed by atoms with van der Waals surface area (Å²) in [4.78, 5) is 7.75. The number of hydrogen-bond donors (Lipinski definition) is 2. The Hall–Kier alpha value is -2.32. The Balaban J connectivity index is 1.90. The minimum atomic E-state index is -4.50. The third-order valence-electron chi connectivity index (χ3n) is 3.43. The zero-order valence-electron chi connectivity index (χ0n) is 12.8. The summed E-state index contributed by atoms with van der Waals surface area (Å²) in [6.07, 6.45) is -1.61. The molecule has 1 aliphatic rings. The summed E-state index contributed by atoms with van der Waals surface area (Å²) >= 11 is 0. The number of anilines is 3. The minimum Gasteiger partial charge on any atom is -0.370 e. The van der Waals surface area contributed by atoms with Crippen LogP contribution in [0.25, 0.3) is 0 Å². The molecule has 1 aliphatic carbocycles. The van der Waals surface area contributed by atoms with E-state index in [1.54, 1.807) is 6.92 Å². The van der Waals surface area contributed by atoms with Crippen LogP contribution in [0.1, 0.15) is 37.1 Å². The number of rotatable bonds is 5. The van der Waals surface area contributed by atoms with Crippen molar-refractivity contribution in [3.05, 3.63) is 23.5 Å². The predicted octanol–water partition coefficient (Wildman–Crippen LogP) is 3.51. The monoisotopic (exact) mass is 326 g/mol. The van der Waals surface area contributed by atoms with Crippen molar-refractivity contribution in [1.29, 1.82) is 0 Å². The van der Waals surface area contributed by atoms with Crippen LogP contribution in [0, 0.1) is 6.92 Å². The molecule has 0 spiro atoms. The van der Waals surface area contributed by atoms with Crippen LogP contribution in [-0.2, 0) is 6.18 Å². The van der Waals surface area contributed by atoms with Crippen molar-refractivity contribution in [1.82, 2.24) is 19.7 Å². The fourth-order valence-corrected chi connectivity index (χ4v) is 2.27. The maximum absolute atomic E-state index is 13.0. The molecule has 0 amide bonds. The van der Waals surface area contributed by atoms with Crippen LogP contribution in [0.3, 0.4) is 0 Å². The smallest absolute Gasteiger partial charge is 0.370 e. The molecule has 3 rings (SSSR count). The number of hydrogen-bond acceptors (Lipinski definition) is 5. The number of alkyl halides is 3. The minimum absolute atomic E-state index is 0.107. The Morgan fingerprint density at radius 2 is 2.09 bits per heavy atom. The lowest BCUT2D eigenvalue weighted by molar-refractivity contribution is -0.137. The van der Waals surface area contributed by atoms with Crippen LogP contribution in [-0.4, -0.2) is 26.3 Å². The molecule has 0 unspecified atom stereocenters. The molecule has 0 radical (unpaired) electrons. The zero-order valence-corrected chi connectivity index (χ0v) is 12.8. The van der Waals surface area contributed by atoms with Gasteiger partial charge in [0.25, 0.3) is 0 Å². The predicted molar refractivity (Wildman–Crippen MR) is 79.7 cm³/mol. The number of halogens is 3. The van der Waals surface area contributed by atoms with Gasteiger partial charge in [0.1, 0.15) is 17.2 Å². The van der Waals surface area contributed by atoms with Crippen molar-refractivity contribution in [2.75, 3.05) is 17.2 Å². The van der Waals surface area contributed by atoms with Crippen LogP contribution in [0.5, 0.6) is 0 Å². The van der Waals surface area contributed by atoms with Gasteiger partial charge in [0.2, 0.25) is 5.95 Å². The fourth-order valence-electron chi connectivity index (χ4n) is 2.27. The molecule has 2 heterocycles. The lowest BCUT2D eigenvalue weighted by Gasteiger charge is -2.14. The van der Waals surface area contributed by atoms with Gasteiger partial charge in [0, 0.05) is 18.8 Å². The highest BCUT2D eigenvalue weighted by molar-refractivity contribution is 5.54. The fraction of sp³-hybridized carbons (Fsp3) is 0.500. The van der Waals surface area contributed by atoms with Gasteiger partial charge in [0.15, 0.2) is 0 Å². The highest BCUT2D eigenvalue weighted by Gasteiger charge is 2.35. The number of nitrogens with zero attached hydrogens (tertiary/aromatic N) is 4. The van der Waals surface area contributed by atoms with Crippen LogP contribution in [0.4, 0.5) is 30.8 Å². The highest BCUT2D eigenvalue weighted by atomic mass is 19.4. The van der Waals surface area contributed by atoms with Crippen molar-refractivity contribution in [2.24, 2.45) is 0 Å². The molecule has 0 saturated heterocycles. The first-order valence-electron chi connectivity index (χ1n) is 7.39. The molecule has 2 aromatic heterocycles. The van der Waals surface area contributed by atoms with Crippen LogP contribution < -0.4 is 10.6 Å². The standard InChI is InChI=1S/C14H17F3N6/c1-3-18-12-10(14(15,16)17)7-19-13(21-12)20-11-6-8(2)22-23(11)9-4-5-9/h6-7,9H,3-5H2,1-2H3,(H2,18,19,20,21). The van der Waals surface area contributed by atoms with Gasteiger partial charge in [0.05, 0.1) is 11.7 Å². The topological polar surface area (TPSA) is 67.7 Å². The molecule has 6 nitrogen and oxygen atoms in total. The summed E-state index contributed by atoms with van der Waals surface area (Å²) in [7, 11) is 0. The second-order valence-electron chi connectivity index (χ2n) is 5.46. The molecule has 0 bridgehead atoms. The average Bonchev–Trinajstić information content (AvgIpc) is 3.23. The number of aryl methyl sites for hydroxylation is 1. The Bertz CT molecular complexity index is 705. The van der Waals surface area contributed by atoms with Crippen molar-refractivity contribution in [2.45, 2.75) is 38.9 Å². The summed E-state index contributed by atoms with van der Waals surface area (Å²) in [5, 5.41) is 9.98. The molecule has 0 aliphatic heterocycles. The zero-order chi connectivity index (χ0) is 16.6. The van der Waals surface area contributed by atoms with E-state index in [9.17, 15) is 13.2 Å². The van der Waals surface area contributed by atoms with E-state index >= 15 is 0 Å². The molecule has 9 heteroatoms. The second kappa shape index (κ2) is 5.71. The third-order valence-corrected chi connectivity index (χ3v) is 3.43. The van der Waals surface area contributed by atoms with Gasteiger partial charge in [-0.3, -0.25) is 0 Å². The third kappa shape index (κ3) is 3.38. The molecular formula is C14H17F3N6. The van der Waals surface area contributed by atoms with E-state index in [-0.39, 0.29) is 11.8 Å².